The summed E-state index contributed by atoms with van der Waals surface area (Å²) in [6.45, 7) is 0.553. The number of hydrogen-bond acceptors (Lipinski definition) is 7. The molecule has 126 valence electrons. The lowest BCUT2D eigenvalue weighted by atomic mass is 10.4. The molecule has 0 saturated carbocycles. The predicted octanol–water partition coefficient (Wildman–Crippen LogP) is 3.24. The Hall–Kier alpha value is -0.960. The molecule has 0 N–H and O–H groups in total. The second kappa shape index (κ2) is 7.54. The van der Waals surface area contributed by atoms with Crippen molar-refractivity contribution in [2.24, 2.45) is 0 Å². The minimum absolute atomic E-state index is 0.153. The zero-order valence-electron chi connectivity index (χ0n) is 12.5. The van der Waals surface area contributed by atoms with Crippen molar-refractivity contribution < 1.29 is 26.7 Å². The van der Waals surface area contributed by atoms with Crippen molar-refractivity contribution >= 4 is 24.5 Å². The molecule has 0 aliphatic carbocycles. The highest BCUT2D eigenvalue weighted by Crippen LogP contribution is 2.49. The van der Waals surface area contributed by atoms with Crippen molar-refractivity contribution in [2.75, 3.05) is 32.2 Å². The van der Waals surface area contributed by atoms with Crippen LogP contribution in [0.1, 0.15) is 19.5 Å². The van der Waals surface area contributed by atoms with Gasteiger partial charge in [0.2, 0.25) is 11.8 Å². The molecule has 1 aromatic heterocycles. The Morgan fingerprint density at radius 3 is 2.14 bits per heavy atom. The second-order valence-electron chi connectivity index (χ2n) is 4.16. The van der Waals surface area contributed by atoms with E-state index in [0.717, 1.165) is 0 Å². The third-order valence-corrected chi connectivity index (χ3v) is 4.58. The van der Waals surface area contributed by atoms with Gasteiger partial charge >= 0.3 is 12.9 Å². The summed E-state index contributed by atoms with van der Waals surface area (Å²) in [6, 6.07) is 0.673. The van der Waals surface area contributed by atoms with E-state index in [2.05, 4.69) is 9.97 Å². The van der Waals surface area contributed by atoms with E-state index >= 15 is 0 Å². The average molecular weight is 359 g/mol. The fraction of sp³-hybridized carbons (Fsp3) is 0.636. The van der Waals surface area contributed by atoms with Crippen LogP contribution >= 0.6 is 6.72 Å². The van der Waals surface area contributed by atoms with Crippen LogP contribution in [0.3, 0.4) is 0 Å². The van der Waals surface area contributed by atoms with Gasteiger partial charge in [-0.05, 0) is 13.8 Å². The molecule has 22 heavy (non-hydrogen) atoms. The molecule has 0 aromatic carbocycles. The Morgan fingerprint density at radius 1 is 1.18 bits per heavy atom. The van der Waals surface area contributed by atoms with E-state index in [1.165, 1.54) is 19.0 Å². The summed E-state index contributed by atoms with van der Waals surface area (Å²) in [5.41, 5.74) is -1.13. The summed E-state index contributed by atoms with van der Waals surface area (Å²) in [4.78, 5) is 8.65. The quantitative estimate of drug-likeness (QED) is 0.693. The number of hydrogen-bond donors (Lipinski definition) is 0. The highest BCUT2D eigenvalue weighted by atomic mass is 32.5. The summed E-state index contributed by atoms with van der Waals surface area (Å²) in [7, 11) is 3.03. The fourth-order valence-electron chi connectivity index (χ4n) is 1.33. The van der Waals surface area contributed by atoms with Gasteiger partial charge in [-0.1, -0.05) is 0 Å². The summed E-state index contributed by atoms with van der Waals surface area (Å²) >= 11 is 5.12. The fourth-order valence-corrected chi connectivity index (χ4v) is 3.32. The van der Waals surface area contributed by atoms with Gasteiger partial charge in [0.1, 0.15) is 0 Å². The second-order valence-corrected chi connectivity index (χ2v) is 7.09. The van der Waals surface area contributed by atoms with Crippen molar-refractivity contribution in [1.82, 2.24) is 9.97 Å². The Kier molecular flexibility index (Phi) is 6.54. The monoisotopic (exact) mass is 359 g/mol. The van der Waals surface area contributed by atoms with Gasteiger partial charge in [0.15, 0.2) is 5.69 Å². The number of rotatable bonds is 7. The van der Waals surface area contributed by atoms with Crippen LogP contribution in [-0.2, 0) is 27.0 Å². The standard InChI is InChI=1S/C11H17F3N3O3PS/c1-5-18-21(22,19-6-2)20-9-7-8(11(12,13)14)15-10(16-9)17(3)4/h7H,5-6H2,1-4H3. The highest BCUT2D eigenvalue weighted by Gasteiger charge is 2.35. The Bertz CT molecular complexity index is 547. The SMILES string of the molecule is CCOP(=S)(OCC)Oc1cc(C(F)(F)F)nc(N(C)C)n1. The molecule has 0 saturated heterocycles. The van der Waals surface area contributed by atoms with Gasteiger partial charge in [0.05, 0.1) is 13.2 Å². The van der Waals surface area contributed by atoms with Crippen molar-refractivity contribution in [2.45, 2.75) is 20.0 Å². The molecule has 0 spiro atoms. The lowest BCUT2D eigenvalue weighted by Gasteiger charge is -2.21. The van der Waals surface area contributed by atoms with Crippen LogP contribution in [0.15, 0.2) is 6.07 Å². The van der Waals surface area contributed by atoms with Gasteiger partial charge in [-0.2, -0.15) is 18.2 Å². The maximum atomic E-state index is 12.9. The average Bonchev–Trinajstić information content (AvgIpc) is 2.37. The van der Waals surface area contributed by atoms with E-state index in [0.29, 0.717) is 6.07 Å². The van der Waals surface area contributed by atoms with Gasteiger partial charge in [-0.25, -0.2) is 4.98 Å². The van der Waals surface area contributed by atoms with Gasteiger partial charge in [-0.3, -0.25) is 9.05 Å². The van der Waals surface area contributed by atoms with Crippen molar-refractivity contribution in [3.63, 3.8) is 0 Å². The molecular weight excluding hydrogens is 342 g/mol. The molecule has 1 rings (SSSR count). The van der Waals surface area contributed by atoms with E-state index in [9.17, 15) is 13.2 Å². The normalized spacial score (nSPS) is 12.3. The molecule has 11 heteroatoms. The van der Waals surface area contributed by atoms with Crippen molar-refractivity contribution in [1.29, 1.82) is 0 Å². The van der Waals surface area contributed by atoms with E-state index in [1.54, 1.807) is 13.8 Å². The van der Waals surface area contributed by atoms with E-state index in [1.807, 2.05) is 0 Å². The molecule has 0 aliphatic heterocycles. The Labute approximate surface area is 131 Å². The molecule has 0 aliphatic rings. The van der Waals surface area contributed by atoms with Gasteiger partial charge in [0, 0.05) is 32.0 Å². The zero-order chi connectivity index (χ0) is 17.0. The third kappa shape index (κ3) is 5.35. The molecule has 0 radical (unpaired) electrons. The number of aromatic nitrogens is 2. The first kappa shape index (κ1) is 19.1. The predicted molar refractivity (Wildman–Crippen MR) is 79.5 cm³/mol. The largest absolute Gasteiger partial charge is 0.433 e. The van der Waals surface area contributed by atoms with Crippen LogP contribution in [0.5, 0.6) is 5.88 Å². The van der Waals surface area contributed by atoms with Crippen LogP contribution in [0.25, 0.3) is 0 Å². The number of nitrogens with zero attached hydrogens (tertiary/aromatic N) is 3. The van der Waals surface area contributed by atoms with Gasteiger partial charge in [0.25, 0.3) is 0 Å². The first-order valence-corrected chi connectivity index (χ1v) is 8.89. The van der Waals surface area contributed by atoms with Crippen LogP contribution in [0, 0.1) is 0 Å². The lowest BCUT2D eigenvalue weighted by Crippen LogP contribution is -2.17. The summed E-state index contributed by atoms with van der Waals surface area (Å²) in [6.07, 6.45) is -4.63. The van der Waals surface area contributed by atoms with Gasteiger partial charge in [-0.15, -0.1) is 0 Å². The molecule has 0 unspecified atom stereocenters. The maximum absolute atomic E-state index is 12.9. The minimum Gasteiger partial charge on any atom is -0.405 e. The zero-order valence-corrected chi connectivity index (χ0v) is 14.3. The summed E-state index contributed by atoms with van der Waals surface area (Å²) < 4.78 is 54.5. The number of anilines is 1. The Balaban J connectivity index is 3.22. The molecular formula is C11H17F3N3O3PS. The molecule has 0 amide bonds. The van der Waals surface area contributed by atoms with Crippen LogP contribution in [-0.4, -0.2) is 37.3 Å². The molecule has 6 nitrogen and oxygen atoms in total. The third-order valence-electron chi connectivity index (χ3n) is 2.16. The van der Waals surface area contributed by atoms with Crippen LogP contribution in [0.4, 0.5) is 19.1 Å². The molecule has 1 heterocycles. The van der Waals surface area contributed by atoms with Crippen molar-refractivity contribution in [3.05, 3.63) is 11.8 Å². The summed E-state index contributed by atoms with van der Waals surface area (Å²) in [5.74, 6) is -0.490. The van der Waals surface area contributed by atoms with E-state index in [4.69, 9.17) is 25.4 Å². The van der Waals surface area contributed by atoms with Crippen molar-refractivity contribution in [3.8, 4) is 5.88 Å². The topological polar surface area (TPSA) is 56.7 Å². The van der Waals surface area contributed by atoms with Crippen LogP contribution in [0.2, 0.25) is 0 Å². The number of alkyl halides is 3. The first-order valence-electron chi connectivity index (χ1n) is 6.33. The molecule has 0 bridgehead atoms. The van der Waals surface area contributed by atoms with E-state index in [-0.39, 0.29) is 25.0 Å². The summed E-state index contributed by atoms with van der Waals surface area (Å²) in [5, 5.41) is 0. The minimum atomic E-state index is -4.63. The molecule has 0 atom stereocenters. The van der Waals surface area contributed by atoms with E-state index < -0.39 is 18.6 Å². The smallest absolute Gasteiger partial charge is 0.405 e. The molecule has 0 fully saturated rings. The molecule has 1 aromatic rings. The Morgan fingerprint density at radius 2 is 1.73 bits per heavy atom. The van der Waals surface area contributed by atoms with Crippen LogP contribution < -0.4 is 9.42 Å². The number of halogens is 3. The highest BCUT2D eigenvalue weighted by molar-refractivity contribution is 8.07. The lowest BCUT2D eigenvalue weighted by molar-refractivity contribution is -0.141. The maximum Gasteiger partial charge on any atom is 0.433 e. The van der Waals surface area contributed by atoms with Gasteiger partial charge < -0.3 is 9.42 Å². The first-order chi connectivity index (χ1) is 10.1.